The molecule has 0 fully saturated rings. The summed E-state index contributed by atoms with van der Waals surface area (Å²) < 4.78 is 0. The van der Waals surface area contributed by atoms with Gasteiger partial charge in [-0.05, 0) is 13.0 Å². The number of hydrogen-bond acceptors (Lipinski definition) is 3. The van der Waals surface area contributed by atoms with E-state index in [1.807, 2.05) is 13.0 Å². The van der Waals surface area contributed by atoms with Crippen molar-refractivity contribution in [1.29, 1.82) is 0 Å². The molecule has 3 heteroatoms. The Hall–Kier alpha value is -1.51. The van der Waals surface area contributed by atoms with E-state index in [9.17, 15) is 0 Å². The molecule has 0 bridgehead atoms. The third kappa shape index (κ3) is 0.941. The molecule has 2 aromatic rings. The molecule has 11 heavy (non-hydrogen) atoms. The summed E-state index contributed by atoms with van der Waals surface area (Å²) in [6.07, 6.45) is 5.25. The first-order chi connectivity index (χ1) is 5.38. The van der Waals surface area contributed by atoms with Gasteiger partial charge in [-0.1, -0.05) is 0 Å². The van der Waals surface area contributed by atoms with Crippen LogP contribution in [-0.2, 0) is 0 Å². The molecule has 0 N–H and O–H groups in total. The Morgan fingerprint density at radius 1 is 1.18 bits per heavy atom. The first-order valence-corrected chi connectivity index (χ1v) is 3.40. The Morgan fingerprint density at radius 2 is 2.00 bits per heavy atom. The summed E-state index contributed by atoms with van der Waals surface area (Å²) in [4.78, 5) is 4.14. The number of fused-ring (bicyclic) bond motifs is 1. The van der Waals surface area contributed by atoms with Crippen molar-refractivity contribution in [3.8, 4) is 0 Å². The molecule has 0 aliphatic heterocycles. The van der Waals surface area contributed by atoms with Crippen molar-refractivity contribution < 1.29 is 0 Å². The van der Waals surface area contributed by atoms with Crippen LogP contribution in [0.1, 0.15) is 5.69 Å². The Balaban J connectivity index is 2.91. The minimum atomic E-state index is 0.998. The van der Waals surface area contributed by atoms with E-state index in [4.69, 9.17) is 0 Å². The van der Waals surface area contributed by atoms with E-state index in [0.717, 1.165) is 16.5 Å². The molecular formula is C8H7N3. The molecule has 0 unspecified atom stereocenters. The Bertz CT molecular complexity index is 378. The van der Waals surface area contributed by atoms with Gasteiger partial charge in [-0.25, -0.2) is 0 Å². The molecule has 0 saturated carbocycles. The predicted octanol–water partition coefficient (Wildman–Crippen LogP) is 1.33. The van der Waals surface area contributed by atoms with Crippen LogP contribution in [0.2, 0.25) is 0 Å². The second-order valence-corrected chi connectivity index (χ2v) is 2.39. The zero-order valence-corrected chi connectivity index (χ0v) is 6.15. The monoisotopic (exact) mass is 145 g/mol. The standard InChI is InChI=1S/C8H7N3/c1-6-8-5-11-10-4-7(8)2-3-9-6/h2-5H,1H3. The molecule has 0 aromatic carbocycles. The van der Waals surface area contributed by atoms with Crippen LogP contribution in [0.3, 0.4) is 0 Å². The fourth-order valence-electron chi connectivity index (χ4n) is 1.06. The molecule has 0 saturated heterocycles. The minimum absolute atomic E-state index is 0.998. The van der Waals surface area contributed by atoms with E-state index in [-0.39, 0.29) is 0 Å². The van der Waals surface area contributed by atoms with Gasteiger partial charge in [0.25, 0.3) is 0 Å². The molecule has 2 rings (SSSR count). The fraction of sp³-hybridized carbons (Fsp3) is 0.125. The third-order valence-electron chi connectivity index (χ3n) is 1.67. The lowest BCUT2D eigenvalue weighted by molar-refractivity contribution is 1.04. The van der Waals surface area contributed by atoms with Gasteiger partial charge < -0.3 is 0 Å². The van der Waals surface area contributed by atoms with Crippen LogP contribution in [0, 0.1) is 6.92 Å². The molecule has 2 heterocycles. The lowest BCUT2D eigenvalue weighted by Gasteiger charge is -1.96. The minimum Gasteiger partial charge on any atom is -0.261 e. The van der Waals surface area contributed by atoms with Crippen LogP contribution in [0.4, 0.5) is 0 Å². The van der Waals surface area contributed by atoms with Gasteiger partial charge in [-0.2, -0.15) is 10.2 Å². The van der Waals surface area contributed by atoms with Crippen molar-refractivity contribution in [2.24, 2.45) is 0 Å². The maximum Gasteiger partial charge on any atom is 0.0592 e. The van der Waals surface area contributed by atoms with E-state index in [2.05, 4.69) is 15.2 Å². The summed E-state index contributed by atoms with van der Waals surface area (Å²) in [6.45, 7) is 1.96. The molecule has 2 aromatic heterocycles. The highest BCUT2D eigenvalue weighted by molar-refractivity contribution is 5.82. The molecule has 0 spiro atoms. The largest absolute Gasteiger partial charge is 0.261 e. The lowest BCUT2D eigenvalue weighted by Crippen LogP contribution is -1.85. The Kier molecular flexibility index (Phi) is 1.28. The summed E-state index contributed by atoms with van der Waals surface area (Å²) in [5.41, 5.74) is 0.998. The van der Waals surface area contributed by atoms with E-state index >= 15 is 0 Å². The van der Waals surface area contributed by atoms with Gasteiger partial charge in [0.1, 0.15) is 0 Å². The van der Waals surface area contributed by atoms with E-state index in [1.54, 1.807) is 18.6 Å². The van der Waals surface area contributed by atoms with Gasteiger partial charge in [0.15, 0.2) is 0 Å². The average molecular weight is 145 g/mol. The van der Waals surface area contributed by atoms with Crippen molar-refractivity contribution >= 4 is 10.8 Å². The summed E-state index contributed by atoms with van der Waals surface area (Å²) in [6, 6.07) is 1.93. The number of aryl methyl sites for hydroxylation is 1. The molecule has 0 amide bonds. The molecule has 0 aliphatic rings. The predicted molar refractivity (Wildman–Crippen MR) is 42.1 cm³/mol. The average Bonchev–Trinajstić information content (AvgIpc) is 2.06. The molecule has 3 nitrogen and oxygen atoms in total. The van der Waals surface area contributed by atoms with Crippen molar-refractivity contribution in [2.45, 2.75) is 6.92 Å². The number of rotatable bonds is 0. The molecule has 0 aliphatic carbocycles. The highest BCUT2D eigenvalue weighted by atomic mass is 15.1. The maximum absolute atomic E-state index is 4.14. The van der Waals surface area contributed by atoms with Gasteiger partial charge in [-0.3, -0.25) is 4.98 Å². The number of aromatic nitrogens is 3. The van der Waals surface area contributed by atoms with Crippen LogP contribution in [-0.4, -0.2) is 15.2 Å². The number of nitrogens with zero attached hydrogens (tertiary/aromatic N) is 3. The van der Waals surface area contributed by atoms with Gasteiger partial charge in [0.2, 0.25) is 0 Å². The van der Waals surface area contributed by atoms with Gasteiger partial charge >= 0.3 is 0 Å². The number of hydrogen-bond donors (Lipinski definition) is 0. The van der Waals surface area contributed by atoms with Crippen LogP contribution in [0.15, 0.2) is 24.7 Å². The Morgan fingerprint density at radius 3 is 2.82 bits per heavy atom. The fourth-order valence-corrected chi connectivity index (χ4v) is 1.06. The normalized spacial score (nSPS) is 10.3. The van der Waals surface area contributed by atoms with Crippen LogP contribution in [0.25, 0.3) is 10.8 Å². The summed E-state index contributed by atoms with van der Waals surface area (Å²) in [5.74, 6) is 0. The lowest BCUT2D eigenvalue weighted by atomic mass is 10.2. The summed E-state index contributed by atoms with van der Waals surface area (Å²) >= 11 is 0. The highest BCUT2D eigenvalue weighted by Gasteiger charge is 1.95. The molecule has 54 valence electrons. The van der Waals surface area contributed by atoms with Crippen molar-refractivity contribution in [2.75, 3.05) is 0 Å². The quantitative estimate of drug-likeness (QED) is 0.561. The van der Waals surface area contributed by atoms with Gasteiger partial charge in [0.05, 0.1) is 12.4 Å². The molecule has 0 radical (unpaired) electrons. The smallest absolute Gasteiger partial charge is 0.0592 e. The second kappa shape index (κ2) is 2.27. The van der Waals surface area contributed by atoms with Crippen molar-refractivity contribution in [3.05, 3.63) is 30.4 Å². The second-order valence-electron chi connectivity index (χ2n) is 2.39. The SMILES string of the molecule is Cc1nccc2cnncc12. The van der Waals surface area contributed by atoms with Gasteiger partial charge in [-0.15, -0.1) is 0 Å². The van der Waals surface area contributed by atoms with E-state index in [1.165, 1.54) is 0 Å². The Labute approximate surface area is 64.1 Å². The zero-order valence-electron chi connectivity index (χ0n) is 6.15. The third-order valence-corrected chi connectivity index (χ3v) is 1.67. The number of pyridine rings is 1. The van der Waals surface area contributed by atoms with Gasteiger partial charge in [0, 0.05) is 22.7 Å². The van der Waals surface area contributed by atoms with E-state index in [0.29, 0.717) is 0 Å². The van der Waals surface area contributed by atoms with Crippen LogP contribution in [0.5, 0.6) is 0 Å². The zero-order chi connectivity index (χ0) is 7.68. The highest BCUT2D eigenvalue weighted by Crippen LogP contribution is 2.11. The summed E-state index contributed by atoms with van der Waals surface area (Å²) in [5, 5.41) is 9.72. The first-order valence-electron chi connectivity index (χ1n) is 3.40. The molecular weight excluding hydrogens is 138 g/mol. The first kappa shape index (κ1) is 6.22. The molecule has 0 atom stereocenters. The van der Waals surface area contributed by atoms with Crippen molar-refractivity contribution in [1.82, 2.24) is 15.2 Å². The van der Waals surface area contributed by atoms with Crippen molar-refractivity contribution in [3.63, 3.8) is 0 Å². The van der Waals surface area contributed by atoms with Crippen LogP contribution < -0.4 is 0 Å². The van der Waals surface area contributed by atoms with Crippen LogP contribution >= 0.6 is 0 Å². The summed E-state index contributed by atoms with van der Waals surface area (Å²) in [7, 11) is 0. The van der Waals surface area contributed by atoms with E-state index < -0.39 is 0 Å². The topological polar surface area (TPSA) is 38.7 Å². The maximum atomic E-state index is 4.14.